The standard InChI is InChI=1S/C23H24F3N5OS/c1-14-9-16(18-13-29-20(33-18)22(32)6-3-15(12-27)4-7-22)11-17(10-14)30-21-28-8-5-19(31(21)2)23(24,25)26/h5,8-11,13,15,19,32H,3-4,6-7H2,1-2H3,(H,28,30). The van der Waals surface area contributed by atoms with Crippen molar-refractivity contribution in [3.8, 4) is 16.5 Å². The highest BCUT2D eigenvalue weighted by Gasteiger charge is 2.43. The van der Waals surface area contributed by atoms with Gasteiger partial charge in [-0.25, -0.2) is 9.98 Å². The SMILES string of the molecule is Cc1cc(NC2=NC=CC(C(F)(F)F)N2C)cc(-c2cnc(C3(O)CCC(C#N)CC3)s2)c1. The normalized spacial score (nSPS) is 25.5. The number of aryl methyl sites for hydroxylation is 1. The Hall–Kier alpha value is -2.90. The van der Waals surface area contributed by atoms with Crippen molar-refractivity contribution in [1.29, 1.82) is 5.26 Å². The molecular weight excluding hydrogens is 451 g/mol. The summed E-state index contributed by atoms with van der Waals surface area (Å²) in [5, 5.41) is 23.8. The summed E-state index contributed by atoms with van der Waals surface area (Å²) >= 11 is 1.40. The number of nitriles is 1. The van der Waals surface area contributed by atoms with E-state index in [2.05, 4.69) is 21.4 Å². The van der Waals surface area contributed by atoms with Gasteiger partial charge in [-0.15, -0.1) is 11.3 Å². The van der Waals surface area contributed by atoms with Gasteiger partial charge in [0.25, 0.3) is 0 Å². The van der Waals surface area contributed by atoms with Crippen molar-refractivity contribution >= 4 is 23.0 Å². The molecule has 1 aromatic heterocycles. The number of guanidine groups is 1. The number of thiazole rings is 1. The molecule has 0 saturated heterocycles. The summed E-state index contributed by atoms with van der Waals surface area (Å²) in [6, 6.07) is 6.15. The topological polar surface area (TPSA) is 84.5 Å². The Kier molecular flexibility index (Phi) is 6.20. The van der Waals surface area contributed by atoms with Gasteiger partial charge in [0.05, 0.1) is 10.9 Å². The lowest BCUT2D eigenvalue weighted by molar-refractivity contribution is -0.158. The van der Waals surface area contributed by atoms with Crippen LogP contribution in [0, 0.1) is 24.2 Å². The van der Waals surface area contributed by atoms with Crippen molar-refractivity contribution in [3.63, 3.8) is 0 Å². The van der Waals surface area contributed by atoms with E-state index in [1.807, 2.05) is 25.1 Å². The minimum atomic E-state index is -4.41. The van der Waals surface area contributed by atoms with Gasteiger partial charge in [0.1, 0.15) is 16.7 Å². The lowest BCUT2D eigenvalue weighted by Gasteiger charge is -2.32. The van der Waals surface area contributed by atoms with E-state index in [4.69, 9.17) is 5.26 Å². The fraction of sp³-hybridized carbons (Fsp3) is 0.435. The summed E-state index contributed by atoms with van der Waals surface area (Å²) in [6.45, 7) is 1.90. The third kappa shape index (κ3) is 4.89. The van der Waals surface area contributed by atoms with Crippen molar-refractivity contribution in [2.75, 3.05) is 12.4 Å². The Balaban J connectivity index is 1.55. The van der Waals surface area contributed by atoms with Crippen LogP contribution in [0.4, 0.5) is 18.9 Å². The van der Waals surface area contributed by atoms with Crippen LogP contribution in [-0.2, 0) is 5.60 Å². The average molecular weight is 476 g/mol. The number of nitrogens with zero attached hydrogens (tertiary/aromatic N) is 4. The predicted octanol–water partition coefficient (Wildman–Crippen LogP) is 5.18. The lowest BCUT2D eigenvalue weighted by Crippen LogP contribution is -2.49. The van der Waals surface area contributed by atoms with Gasteiger partial charge >= 0.3 is 6.18 Å². The van der Waals surface area contributed by atoms with Gasteiger partial charge in [0.15, 0.2) is 0 Å². The van der Waals surface area contributed by atoms with Crippen molar-refractivity contribution in [2.45, 2.75) is 50.4 Å². The number of hydrogen-bond donors (Lipinski definition) is 2. The fourth-order valence-electron chi connectivity index (χ4n) is 4.18. The van der Waals surface area contributed by atoms with Gasteiger partial charge in [-0.3, -0.25) is 0 Å². The molecule has 2 aliphatic rings. The first-order valence-electron chi connectivity index (χ1n) is 10.6. The Morgan fingerprint density at radius 2 is 2.00 bits per heavy atom. The number of anilines is 1. The monoisotopic (exact) mass is 475 g/mol. The number of rotatable bonds is 3. The van der Waals surface area contributed by atoms with E-state index in [0.717, 1.165) is 33.2 Å². The van der Waals surface area contributed by atoms with Crippen molar-refractivity contribution in [2.24, 2.45) is 10.9 Å². The first-order valence-corrected chi connectivity index (χ1v) is 11.4. The maximum Gasteiger partial charge on any atom is 0.412 e. The molecule has 2 aromatic rings. The summed E-state index contributed by atoms with van der Waals surface area (Å²) in [4.78, 5) is 10.4. The molecule has 1 aliphatic heterocycles. The highest BCUT2D eigenvalue weighted by molar-refractivity contribution is 7.15. The quantitative estimate of drug-likeness (QED) is 0.639. The molecule has 33 heavy (non-hydrogen) atoms. The number of aliphatic hydroxyl groups is 1. The molecule has 0 bridgehead atoms. The van der Waals surface area contributed by atoms with Crippen LogP contribution in [0.5, 0.6) is 0 Å². The fourth-order valence-corrected chi connectivity index (χ4v) is 5.23. The molecular formula is C23H24F3N5OS. The minimum Gasteiger partial charge on any atom is -0.383 e. The van der Waals surface area contributed by atoms with E-state index in [-0.39, 0.29) is 11.9 Å². The summed E-state index contributed by atoms with van der Waals surface area (Å²) in [5.74, 6) is 0.0765. The molecule has 4 rings (SSSR count). The molecule has 1 saturated carbocycles. The molecule has 0 radical (unpaired) electrons. The van der Waals surface area contributed by atoms with Crippen molar-refractivity contribution in [3.05, 3.63) is 47.2 Å². The van der Waals surface area contributed by atoms with E-state index in [0.29, 0.717) is 36.4 Å². The van der Waals surface area contributed by atoms with Gasteiger partial charge in [-0.2, -0.15) is 18.4 Å². The molecule has 1 atom stereocenters. The van der Waals surface area contributed by atoms with Crippen LogP contribution in [0.2, 0.25) is 0 Å². The third-order valence-electron chi connectivity index (χ3n) is 6.07. The number of benzene rings is 1. The largest absolute Gasteiger partial charge is 0.412 e. The molecule has 174 valence electrons. The number of halogens is 3. The maximum atomic E-state index is 13.3. The molecule has 0 spiro atoms. The minimum absolute atomic E-state index is 0.0252. The van der Waals surface area contributed by atoms with E-state index in [1.54, 1.807) is 6.20 Å². The van der Waals surface area contributed by atoms with Crippen LogP contribution in [0.15, 0.2) is 41.7 Å². The smallest absolute Gasteiger partial charge is 0.383 e. The Bertz CT molecular complexity index is 1130. The average Bonchev–Trinajstić information content (AvgIpc) is 3.26. The molecule has 0 amide bonds. The maximum absolute atomic E-state index is 13.3. The van der Waals surface area contributed by atoms with E-state index < -0.39 is 17.8 Å². The molecule has 2 N–H and O–H groups in total. The third-order valence-corrected chi connectivity index (χ3v) is 7.31. The molecule has 1 unspecified atom stereocenters. The van der Waals surface area contributed by atoms with Crippen LogP contribution < -0.4 is 5.32 Å². The van der Waals surface area contributed by atoms with Gasteiger partial charge in [-0.05, 0) is 61.9 Å². The number of hydrogen-bond acceptors (Lipinski definition) is 7. The molecule has 10 heteroatoms. The number of alkyl halides is 3. The van der Waals surface area contributed by atoms with Crippen LogP contribution in [0.3, 0.4) is 0 Å². The summed E-state index contributed by atoms with van der Waals surface area (Å²) < 4.78 is 39.8. The highest BCUT2D eigenvalue weighted by Crippen LogP contribution is 2.42. The van der Waals surface area contributed by atoms with Crippen LogP contribution >= 0.6 is 11.3 Å². The first-order chi connectivity index (χ1) is 15.6. The molecule has 1 aliphatic carbocycles. The zero-order valence-electron chi connectivity index (χ0n) is 18.2. The predicted molar refractivity (Wildman–Crippen MR) is 122 cm³/mol. The Morgan fingerprint density at radius 3 is 2.67 bits per heavy atom. The molecule has 1 aromatic carbocycles. The second-order valence-electron chi connectivity index (χ2n) is 8.57. The lowest BCUT2D eigenvalue weighted by atomic mass is 9.80. The van der Waals surface area contributed by atoms with E-state index in [1.165, 1.54) is 18.4 Å². The highest BCUT2D eigenvalue weighted by atomic mass is 32.1. The number of likely N-dealkylation sites (N-methyl/N-ethyl adjacent to an activating group) is 1. The van der Waals surface area contributed by atoms with E-state index >= 15 is 0 Å². The van der Waals surface area contributed by atoms with Crippen LogP contribution in [0.25, 0.3) is 10.4 Å². The number of nitrogens with one attached hydrogen (secondary N) is 1. The second-order valence-corrected chi connectivity index (χ2v) is 9.60. The number of aromatic nitrogens is 1. The summed E-state index contributed by atoms with van der Waals surface area (Å²) in [7, 11) is 1.35. The molecule has 2 heterocycles. The first kappa shape index (κ1) is 23.3. The van der Waals surface area contributed by atoms with Crippen molar-refractivity contribution < 1.29 is 18.3 Å². The summed E-state index contributed by atoms with van der Waals surface area (Å²) in [5.41, 5.74) is 1.34. The van der Waals surface area contributed by atoms with Gasteiger partial charge in [-0.1, -0.05) is 6.07 Å². The van der Waals surface area contributed by atoms with Gasteiger partial charge in [0, 0.05) is 31.0 Å². The van der Waals surface area contributed by atoms with E-state index in [9.17, 15) is 18.3 Å². The summed E-state index contributed by atoms with van der Waals surface area (Å²) in [6.07, 6.45) is 1.76. The van der Waals surface area contributed by atoms with Gasteiger partial charge < -0.3 is 15.3 Å². The zero-order chi connectivity index (χ0) is 23.8. The molecule has 1 fully saturated rings. The zero-order valence-corrected chi connectivity index (χ0v) is 19.0. The number of aliphatic imine (C=N–C) groups is 1. The van der Waals surface area contributed by atoms with Crippen LogP contribution in [-0.4, -0.2) is 40.2 Å². The second kappa shape index (κ2) is 8.80. The van der Waals surface area contributed by atoms with Crippen LogP contribution in [0.1, 0.15) is 36.3 Å². The van der Waals surface area contributed by atoms with Crippen molar-refractivity contribution in [1.82, 2.24) is 9.88 Å². The Labute approximate surface area is 194 Å². The van der Waals surface area contributed by atoms with Gasteiger partial charge in [0.2, 0.25) is 5.96 Å². The molecule has 6 nitrogen and oxygen atoms in total. The Morgan fingerprint density at radius 1 is 1.27 bits per heavy atom.